The number of carbonyl (C=O) groups is 1. The Bertz CT molecular complexity index is 839. The molecule has 5 nitrogen and oxygen atoms in total. The summed E-state index contributed by atoms with van der Waals surface area (Å²) in [6.45, 7) is 5.96. The van der Waals surface area contributed by atoms with Crippen molar-refractivity contribution >= 4 is 12.0 Å². The van der Waals surface area contributed by atoms with Gasteiger partial charge in [-0.15, -0.1) is 0 Å². The summed E-state index contributed by atoms with van der Waals surface area (Å²) in [7, 11) is 3.35. The summed E-state index contributed by atoms with van der Waals surface area (Å²) in [5.41, 5.74) is 3.34. The number of amides is 1. The number of hydrogen-bond acceptors (Lipinski definition) is 4. The lowest BCUT2D eigenvalue weighted by Crippen LogP contribution is -2.47. The summed E-state index contributed by atoms with van der Waals surface area (Å²) in [6, 6.07) is 14.0. The zero-order valence-electron chi connectivity index (χ0n) is 16.9. The highest BCUT2D eigenvalue weighted by Gasteiger charge is 2.20. The van der Waals surface area contributed by atoms with Gasteiger partial charge in [-0.25, -0.2) is 0 Å². The highest BCUT2D eigenvalue weighted by atomic mass is 16.5. The minimum atomic E-state index is 0.0696. The molecule has 0 saturated carbocycles. The normalized spacial score (nSPS) is 15.0. The van der Waals surface area contributed by atoms with E-state index < -0.39 is 0 Å². The number of rotatable bonds is 6. The topological polar surface area (TPSA) is 42.0 Å². The maximum absolute atomic E-state index is 12.5. The SMILES string of the molecule is COc1ccc(OC)c(CN2CCN(C(=O)/C=C/c3cccc(C)c3)CC2)c1. The number of methoxy groups -OCH3 is 2. The van der Waals surface area contributed by atoms with Crippen LogP contribution in [0.3, 0.4) is 0 Å². The molecule has 0 radical (unpaired) electrons. The second-order valence-electron chi connectivity index (χ2n) is 7.03. The van der Waals surface area contributed by atoms with Crippen molar-refractivity contribution in [3.8, 4) is 11.5 Å². The summed E-state index contributed by atoms with van der Waals surface area (Å²) < 4.78 is 10.8. The number of piperazine rings is 1. The number of benzene rings is 2. The van der Waals surface area contributed by atoms with Gasteiger partial charge >= 0.3 is 0 Å². The van der Waals surface area contributed by atoms with E-state index in [1.165, 1.54) is 5.56 Å². The summed E-state index contributed by atoms with van der Waals surface area (Å²) in [6.07, 6.45) is 3.57. The first kappa shape index (κ1) is 20.0. The number of nitrogens with zero attached hydrogens (tertiary/aromatic N) is 2. The molecule has 1 aliphatic rings. The van der Waals surface area contributed by atoms with E-state index in [2.05, 4.69) is 24.0 Å². The fourth-order valence-electron chi connectivity index (χ4n) is 3.42. The molecule has 2 aromatic rings. The first-order valence-corrected chi connectivity index (χ1v) is 9.56. The maximum atomic E-state index is 12.5. The number of hydrogen-bond donors (Lipinski definition) is 0. The molecule has 0 unspecified atom stereocenters. The highest BCUT2D eigenvalue weighted by Crippen LogP contribution is 2.25. The van der Waals surface area contributed by atoms with Gasteiger partial charge in [0.05, 0.1) is 14.2 Å². The van der Waals surface area contributed by atoms with Crippen LogP contribution in [0.5, 0.6) is 11.5 Å². The Hall–Kier alpha value is -2.79. The van der Waals surface area contributed by atoms with Crippen LogP contribution in [-0.4, -0.2) is 56.1 Å². The number of carbonyl (C=O) groups excluding carboxylic acids is 1. The van der Waals surface area contributed by atoms with Crippen LogP contribution in [0, 0.1) is 6.92 Å². The van der Waals surface area contributed by atoms with Gasteiger partial charge in [-0.05, 0) is 36.8 Å². The molecule has 0 N–H and O–H groups in total. The summed E-state index contributed by atoms with van der Waals surface area (Å²) in [5.74, 6) is 1.76. The fraction of sp³-hybridized carbons (Fsp3) is 0.348. The Balaban J connectivity index is 1.55. The Morgan fingerprint density at radius 3 is 2.50 bits per heavy atom. The monoisotopic (exact) mass is 380 g/mol. The minimum absolute atomic E-state index is 0.0696. The van der Waals surface area contributed by atoms with Crippen LogP contribution in [0.25, 0.3) is 6.08 Å². The second-order valence-corrected chi connectivity index (χ2v) is 7.03. The van der Waals surface area contributed by atoms with Crippen LogP contribution in [0.1, 0.15) is 16.7 Å². The molecule has 3 rings (SSSR count). The van der Waals surface area contributed by atoms with E-state index in [0.717, 1.165) is 55.3 Å². The third-order valence-corrected chi connectivity index (χ3v) is 5.03. The predicted octanol–water partition coefficient (Wildman–Crippen LogP) is 3.37. The summed E-state index contributed by atoms with van der Waals surface area (Å²) >= 11 is 0. The van der Waals surface area contributed by atoms with Gasteiger partial charge in [0, 0.05) is 44.4 Å². The molecular weight excluding hydrogens is 352 g/mol. The van der Waals surface area contributed by atoms with Crippen LogP contribution in [0.2, 0.25) is 0 Å². The van der Waals surface area contributed by atoms with E-state index in [-0.39, 0.29) is 5.91 Å². The van der Waals surface area contributed by atoms with Crippen LogP contribution in [-0.2, 0) is 11.3 Å². The van der Waals surface area contributed by atoms with Crippen molar-refractivity contribution in [3.05, 3.63) is 65.2 Å². The van der Waals surface area contributed by atoms with Gasteiger partial charge in [0.25, 0.3) is 0 Å². The van der Waals surface area contributed by atoms with Gasteiger partial charge in [-0.1, -0.05) is 29.8 Å². The van der Waals surface area contributed by atoms with E-state index in [4.69, 9.17) is 9.47 Å². The van der Waals surface area contributed by atoms with E-state index in [1.54, 1.807) is 20.3 Å². The molecule has 148 valence electrons. The highest BCUT2D eigenvalue weighted by molar-refractivity contribution is 5.91. The lowest BCUT2D eigenvalue weighted by Gasteiger charge is -2.34. The number of ether oxygens (including phenoxy) is 2. The van der Waals surface area contributed by atoms with Crippen molar-refractivity contribution < 1.29 is 14.3 Å². The predicted molar refractivity (Wildman–Crippen MR) is 112 cm³/mol. The Labute approximate surface area is 167 Å². The standard InChI is InChI=1S/C23H28N2O3/c1-18-5-4-6-19(15-18)7-10-23(26)25-13-11-24(12-14-25)17-20-16-21(27-2)8-9-22(20)28-3/h4-10,15-16H,11-14,17H2,1-3H3/b10-7+. The van der Waals surface area contributed by atoms with Crippen LogP contribution in [0.4, 0.5) is 0 Å². The van der Waals surface area contributed by atoms with Crippen molar-refractivity contribution in [1.82, 2.24) is 9.80 Å². The zero-order chi connectivity index (χ0) is 19.9. The average molecular weight is 380 g/mol. The second kappa shape index (κ2) is 9.42. The molecule has 1 fully saturated rings. The molecule has 1 amide bonds. The van der Waals surface area contributed by atoms with Crippen molar-refractivity contribution in [2.24, 2.45) is 0 Å². The third-order valence-electron chi connectivity index (χ3n) is 5.03. The van der Waals surface area contributed by atoms with Gasteiger partial charge < -0.3 is 14.4 Å². The van der Waals surface area contributed by atoms with Crippen molar-refractivity contribution in [1.29, 1.82) is 0 Å². The summed E-state index contributed by atoms with van der Waals surface area (Å²) in [5, 5.41) is 0. The van der Waals surface area contributed by atoms with Crippen LogP contribution in [0.15, 0.2) is 48.5 Å². The van der Waals surface area contributed by atoms with E-state index >= 15 is 0 Å². The number of aryl methyl sites for hydroxylation is 1. The van der Waals surface area contributed by atoms with E-state index in [9.17, 15) is 4.79 Å². The molecule has 28 heavy (non-hydrogen) atoms. The van der Waals surface area contributed by atoms with Crippen LogP contribution >= 0.6 is 0 Å². The van der Waals surface area contributed by atoms with Gasteiger partial charge in [0.15, 0.2) is 0 Å². The quantitative estimate of drug-likeness (QED) is 0.721. The Kier molecular flexibility index (Phi) is 6.71. The lowest BCUT2D eigenvalue weighted by atomic mass is 10.1. The smallest absolute Gasteiger partial charge is 0.246 e. The van der Waals surface area contributed by atoms with Crippen LogP contribution < -0.4 is 9.47 Å². The fourth-order valence-corrected chi connectivity index (χ4v) is 3.42. The molecule has 0 aliphatic carbocycles. The van der Waals surface area contributed by atoms with Gasteiger partial charge in [0.2, 0.25) is 5.91 Å². The molecule has 0 spiro atoms. The molecule has 1 saturated heterocycles. The zero-order valence-corrected chi connectivity index (χ0v) is 16.9. The van der Waals surface area contributed by atoms with E-state index in [1.807, 2.05) is 41.3 Å². The lowest BCUT2D eigenvalue weighted by molar-refractivity contribution is -0.127. The van der Waals surface area contributed by atoms with E-state index in [0.29, 0.717) is 0 Å². The molecule has 1 heterocycles. The molecule has 5 heteroatoms. The van der Waals surface area contributed by atoms with Gasteiger partial charge in [0.1, 0.15) is 11.5 Å². The molecule has 0 aromatic heterocycles. The first-order valence-electron chi connectivity index (χ1n) is 9.56. The molecule has 0 atom stereocenters. The molecule has 2 aromatic carbocycles. The van der Waals surface area contributed by atoms with Crippen molar-refractivity contribution in [2.45, 2.75) is 13.5 Å². The van der Waals surface area contributed by atoms with Crippen molar-refractivity contribution in [3.63, 3.8) is 0 Å². The van der Waals surface area contributed by atoms with Gasteiger partial charge in [-0.2, -0.15) is 0 Å². The summed E-state index contributed by atoms with van der Waals surface area (Å²) in [4.78, 5) is 16.7. The Morgan fingerprint density at radius 2 is 1.82 bits per heavy atom. The van der Waals surface area contributed by atoms with Crippen molar-refractivity contribution in [2.75, 3.05) is 40.4 Å². The molecule has 1 aliphatic heterocycles. The maximum Gasteiger partial charge on any atom is 0.246 e. The molecule has 0 bridgehead atoms. The third kappa shape index (κ3) is 5.14. The average Bonchev–Trinajstić information content (AvgIpc) is 2.72. The Morgan fingerprint density at radius 1 is 1.04 bits per heavy atom. The largest absolute Gasteiger partial charge is 0.497 e. The molecular formula is C23H28N2O3. The first-order chi connectivity index (χ1) is 13.6. The van der Waals surface area contributed by atoms with Gasteiger partial charge in [-0.3, -0.25) is 9.69 Å². The minimum Gasteiger partial charge on any atom is -0.497 e.